The van der Waals surface area contributed by atoms with E-state index < -0.39 is 5.60 Å². The number of amides is 2. The fraction of sp³-hybridized carbons (Fsp3) is 0.417. The van der Waals surface area contributed by atoms with Crippen molar-refractivity contribution in [2.45, 2.75) is 38.0 Å². The largest absolute Gasteiger partial charge is 0.398 e. The number of aliphatic hydroxyl groups is 1. The Hall–Kier alpha value is -2.90. The van der Waals surface area contributed by atoms with E-state index in [0.29, 0.717) is 38.0 Å². The van der Waals surface area contributed by atoms with Crippen LogP contribution in [0.3, 0.4) is 0 Å². The molecule has 4 rings (SSSR count). The summed E-state index contributed by atoms with van der Waals surface area (Å²) in [7, 11) is 1.89. The van der Waals surface area contributed by atoms with Crippen molar-refractivity contribution < 1.29 is 14.7 Å². The number of nitrogens with zero attached hydrogens (tertiary/aromatic N) is 2. The Balaban J connectivity index is 1.42. The molecule has 1 atom stereocenters. The molecule has 2 amide bonds. The van der Waals surface area contributed by atoms with Crippen LogP contribution in [0.15, 0.2) is 42.5 Å². The van der Waals surface area contributed by atoms with Gasteiger partial charge in [-0.1, -0.05) is 24.3 Å². The van der Waals surface area contributed by atoms with Crippen LogP contribution in [0, 0.1) is 0 Å². The van der Waals surface area contributed by atoms with E-state index in [-0.39, 0.29) is 17.9 Å². The second kappa shape index (κ2) is 8.32. The van der Waals surface area contributed by atoms with E-state index >= 15 is 0 Å². The number of carbonyl (C=O) groups excluding carboxylic acids is 2. The summed E-state index contributed by atoms with van der Waals surface area (Å²) in [6.45, 7) is 4.02. The third-order valence-corrected chi connectivity index (χ3v) is 6.28. The molecule has 2 aromatic carbocycles. The van der Waals surface area contributed by atoms with Crippen molar-refractivity contribution in [1.82, 2.24) is 15.1 Å². The van der Waals surface area contributed by atoms with Gasteiger partial charge in [-0.2, -0.15) is 0 Å². The Morgan fingerprint density at radius 2 is 1.81 bits per heavy atom. The molecule has 0 aromatic heterocycles. The number of nitrogen functional groups attached to an aromatic ring is 1. The minimum absolute atomic E-state index is 0.0421. The minimum atomic E-state index is -1.16. The van der Waals surface area contributed by atoms with Crippen molar-refractivity contribution in [2.75, 3.05) is 32.4 Å². The SMILES string of the molecule is CNCc1ccc(-c2ccc(C(=O)N3CCN(C(=O)C4(O)CC4)C(C)C3)cc2)cc1N. The molecule has 0 bridgehead atoms. The molecular formula is C24H30N4O3. The van der Waals surface area contributed by atoms with Gasteiger partial charge in [-0.15, -0.1) is 0 Å². The molecule has 1 saturated carbocycles. The summed E-state index contributed by atoms with van der Waals surface area (Å²) in [5, 5.41) is 13.2. The predicted molar refractivity (Wildman–Crippen MR) is 120 cm³/mol. The summed E-state index contributed by atoms with van der Waals surface area (Å²) in [6.07, 6.45) is 1.07. The lowest BCUT2D eigenvalue weighted by atomic mass is 10.0. The van der Waals surface area contributed by atoms with Gasteiger partial charge in [0.05, 0.1) is 0 Å². The predicted octanol–water partition coefficient (Wildman–Crippen LogP) is 1.85. The van der Waals surface area contributed by atoms with Gasteiger partial charge < -0.3 is 26.0 Å². The van der Waals surface area contributed by atoms with Gasteiger partial charge in [-0.3, -0.25) is 9.59 Å². The Morgan fingerprint density at radius 1 is 1.13 bits per heavy atom. The lowest BCUT2D eigenvalue weighted by Crippen LogP contribution is -2.57. The smallest absolute Gasteiger partial charge is 0.254 e. The Labute approximate surface area is 182 Å². The highest BCUT2D eigenvalue weighted by Crippen LogP contribution is 2.37. The Morgan fingerprint density at radius 3 is 2.39 bits per heavy atom. The average Bonchev–Trinajstić information content (AvgIpc) is 3.53. The summed E-state index contributed by atoms with van der Waals surface area (Å²) in [6, 6.07) is 13.4. The zero-order valence-corrected chi connectivity index (χ0v) is 18.1. The van der Waals surface area contributed by atoms with Crippen LogP contribution in [-0.2, 0) is 11.3 Å². The van der Waals surface area contributed by atoms with Crippen molar-refractivity contribution in [3.05, 3.63) is 53.6 Å². The molecular weight excluding hydrogens is 392 g/mol. The third-order valence-electron chi connectivity index (χ3n) is 6.28. The van der Waals surface area contributed by atoms with Crippen LogP contribution in [0.5, 0.6) is 0 Å². The van der Waals surface area contributed by atoms with E-state index in [9.17, 15) is 14.7 Å². The first-order valence-corrected chi connectivity index (χ1v) is 10.8. The number of rotatable bonds is 5. The Kier molecular flexibility index (Phi) is 5.73. The molecule has 1 aliphatic carbocycles. The maximum absolute atomic E-state index is 13.0. The second-order valence-corrected chi connectivity index (χ2v) is 8.65. The molecule has 7 nitrogen and oxygen atoms in total. The van der Waals surface area contributed by atoms with Crippen LogP contribution in [0.2, 0.25) is 0 Å². The third kappa shape index (κ3) is 4.29. The first-order valence-electron chi connectivity index (χ1n) is 10.8. The number of anilines is 1. The van der Waals surface area contributed by atoms with E-state index in [2.05, 4.69) is 5.32 Å². The summed E-state index contributed by atoms with van der Waals surface area (Å²) < 4.78 is 0. The van der Waals surface area contributed by atoms with Crippen LogP contribution >= 0.6 is 0 Å². The van der Waals surface area contributed by atoms with Gasteiger partial charge in [0.2, 0.25) is 0 Å². The summed E-state index contributed by atoms with van der Waals surface area (Å²) >= 11 is 0. The van der Waals surface area contributed by atoms with Crippen molar-refractivity contribution in [3.8, 4) is 11.1 Å². The van der Waals surface area contributed by atoms with Gasteiger partial charge in [-0.25, -0.2) is 0 Å². The zero-order valence-electron chi connectivity index (χ0n) is 18.1. The van der Waals surface area contributed by atoms with E-state index in [0.717, 1.165) is 28.9 Å². The van der Waals surface area contributed by atoms with Gasteiger partial charge in [0.25, 0.3) is 11.8 Å². The minimum Gasteiger partial charge on any atom is -0.398 e. The highest BCUT2D eigenvalue weighted by Gasteiger charge is 2.51. The van der Waals surface area contributed by atoms with E-state index in [1.807, 2.05) is 56.4 Å². The Bertz CT molecular complexity index is 985. The number of carbonyl (C=O) groups is 2. The molecule has 1 unspecified atom stereocenters. The zero-order chi connectivity index (χ0) is 22.2. The fourth-order valence-electron chi connectivity index (χ4n) is 4.16. The summed E-state index contributed by atoms with van der Waals surface area (Å²) in [5.41, 5.74) is 9.42. The monoisotopic (exact) mass is 422 g/mol. The van der Waals surface area contributed by atoms with E-state index in [1.165, 1.54) is 0 Å². The number of piperazine rings is 1. The van der Waals surface area contributed by atoms with Crippen molar-refractivity contribution in [2.24, 2.45) is 0 Å². The van der Waals surface area contributed by atoms with Gasteiger partial charge in [0, 0.05) is 43.5 Å². The van der Waals surface area contributed by atoms with Crippen LogP contribution in [0.1, 0.15) is 35.7 Å². The molecule has 4 N–H and O–H groups in total. The van der Waals surface area contributed by atoms with Crippen LogP contribution in [-0.4, -0.2) is 65.0 Å². The summed E-state index contributed by atoms with van der Waals surface area (Å²) in [5.74, 6) is -0.240. The number of nitrogens with two attached hydrogens (primary N) is 1. The number of benzene rings is 2. The fourth-order valence-corrected chi connectivity index (χ4v) is 4.16. The number of hydrogen-bond acceptors (Lipinski definition) is 5. The average molecular weight is 423 g/mol. The molecule has 0 radical (unpaired) electrons. The quantitative estimate of drug-likeness (QED) is 0.639. The van der Waals surface area contributed by atoms with E-state index in [4.69, 9.17) is 5.73 Å². The van der Waals surface area contributed by atoms with Crippen LogP contribution in [0.4, 0.5) is 5.69 Å². The molecule has 1 aliphatic heterocycles. The van der Waals surface area contributed by atoms with Gasteiger partial charge in [0.1, 0.15) is 5.60 Å². The highest BCUT2D eigenvalue weighted by atomic mass is 16.3. The van der Waals surface area contributed by atoms with Crippen molar-refractivity contribution in [1.29, 1.82) is 0 Å². The number of hydrogen-bond donors (Lipinski definition) is 3. The van der Waals surface area contributed by atoms with Gasteiger partial charge >= 0.3 is 0 Å². The molecule has 164 valence electrons. The van der Waals surface area contributed by atoms with Crippen LogP contribution in [0.25, 0.3) is 11.1 Å². The first-order chi connectivity index (χ1) is 14.8. The van der Waals surface area contributed by atoms with Crippen molar-refractivity contribution in [3.63, 3.8) is 0 Å². The lowest BCUT2D eigenvalue weighted by Gasteiger charge is -2.40. The molecule has 2 aliphatic rings. The first kappa shape index (κ1) is 21.3. The standard InChI is InChI=1S/C24H30N4O3/c1-16-15-27(11-12-28(16)23(30)24(31)9-10-24)22(29)18-5-3-17(4-6-18)19-7-8-20(14-26-2)21(25)13-19/h3-8,13,16,26,31H,9-12,14-15,25H2,1-2H3. The molecule has 31 heavy (non-hydrogen) atoms. The van der Waals surface area contributed by atoms with E-state index in [1.54, 1.807) is 9.80 Å². The second-order valence-electron chi connectivity index (χ2n) is 8.65. The van der Waals surface area contributed by atoms with Crippen LogP contribution < -0.4 is 11.1 Å². The highest BCUT2D eigenvalue weighted by molar-refractivity contribution is 5.95. The normalized spacial score (nSPS) is 19.9. The summed E-state index contributed by atoms with van der Waals surface area (Å²) in [4.78, 5) is 28.9. The van der Waals surface area contributed by atoms with Crippen molar-refractivity contribution >= 4 is 17.5 Å². The lowest BCUT2D eigenvalue weighted by molar-refractivity contribution is -0.146. The maximum Gasteiger partial charge on any atom is 0.254 e. The molecule has 2 fully saturated rings. The molecule has 7 heteroatoms. The van der Waals surface area contributed by atoms with Gasteiger partial charge in [-0.05, 0) is 61.7 Å². The van der Waals surface area contributed by atoms with Gasteiger partial charge in [0.15, 0.2) is 0 Å². The maximum atomic E-state index is 13.0. The molecule has 1 heterocycles. The molecule has 0 spiro atoms. The topological polar surface area (TPSA) is 98.9 Å². The number of nitrogens with one attached hydrogen (secondary N) is 1. The molecule has 1 saturated heterocycles. The molecule has 2 aromatic rings.